The van der Waals surface area contributed by atoms with Crippen molar-refractivity contribution in [2.45, 2.75) is 75.0 Å². The van der Waals surface area contributed by atoms with Gasteiger partial charge in [-0.05, 0) is 54.9 Å². The van der Waals surface area contributed by atoms with E-state index in [1.807, 2.05) is 74.5 Å². The third kappa shape index (κ3) is 10.7. The first-order valence-electron chi connectivity index (χ1n) is 15.9. The van der Waals surface area contributed by atoms with Crippen LogP contribution in [0.4, 0.5) is 14.9 Å². The summed E-state index contributed by atoms with van der Waals surface area (Å²) in [6, 6.07) is 20.8. The van der Waals surface area contributed by atoms with Gasteiger partial charge in [0.1, 0.15) is 12.2 Å². The monoisotopic (exact) mass is 685 g/mol. The first kappa shape index (κ1) is 38.2. The van der Waals surface area contributed by atoms with Gasteiger partial charge in [-0.15, -0.1) is 0 Å². The van der Waals surface area contributed by atoms with Gasteiger partial charge in [-0.1, -0.05) is 74.5 Å². The molecule has 11 nitrogen and oxygen atoms in total. The number of methoxy groups -OCH3 is 1. The van der Waals surface area contributed by atoms with Crippen molar-refractivity contribution in [3.05, 3.63) is 106 Å². The zero-order chi connectivity index (χ0) is 35.3. The minimum absolute atomic E-state index is 0.0311. The van der Waals surface area contributed by atoms with Gasteiger partial charge in [-0.25, -0.2) is 17.6 Å². The molecule has 0 heterocycles. The molecule has 0 spiro atoms. The summed E-state index contributed by atoms with van der Waals surface area (Å²) in [5.74, 6) is -0.852. The SMILES string of the molecule is COC(=O)N[C@H](C(=O)CCC(F)CC[C@@H](CO)N(CCC(C)C)S(=O)(=O)c1ccc([N+](=O)[O-])cc1)C(c1ccccc1)c1ccccc1. The third-order valence-corrected chi connectivity index (χ3v) is 10.1. The van der Waals surface area contributed by atoms with Gasteiger partial charge in [0, 0.05) is 37.1 Å². The number of amides is 1. The fourth-order valence-electron chi connectivity index (χ4n) is 5.49. The van der Waals surface area contributed by atoms with Crippen molar-refractivity contribution in [3.8, 4) is 0 Å². The lowest BCUT2D eigenvalue weighted by molar-refractivity contribution is -0.384. The number of ketones is 1. The molecule has 0 radical (unpaired) electrons. The zero-order valence-corrected chi connectivity index (χ0v) is 28.2. The summed E-state index contributed by atoms with van der Waals surface area (Å²) in [6.45, 7) is 3.32. The molecule has 0 aromatic heterocycles. The molecule has 3 aromatic carbocycles. The number of Topliss-reactive ketones (excluding diaryl/α,β-unsaturated/α-hetero) is 1. The van der Waals surface area contributed by atoms with Gasteiger partial charge in [0.15, 0.2) is 5.78 Å². The molecule has 48 heavy (non-hydrogen) atoms. The van der Waals surface area contributed by atoms with Gasteiger partial charge >= 0.3 is 6.09 Å². The van der Waals surface area contributed by atoms with E-state index in [1.165, 1.54) is 7.11 Å². The molecule has 260 valence electrons. The van der Waals surface area contributed by atoms with Gasteiger partial charge < -0.3 is 15.2 Å². The molecular weight excluding hydrogens is 641 g/mol. The van der Waals surface area contributed by atoms with Crippen LogP contribution in [0.25, 0.3) is 0 Å². The van der Waals surface area contributed by atoms with E-state index in [2.05, 4.69) is 5.32 Å². The van der Waals surface area contributed by atoms with Crippen molar-refractivity contribution in [3.63, 3.8) is 0 Å². The summed E-state index contributed by atoms with van der Waals surface area (Å²) in [6.07, 6.45) is -2.42. The maximum Gasteiger partial charge on any atom is 0.407 e. The van der Waals surface area contributed by atoms with Crippen LogP contribution in [-0.2, 0) is 19.6 Å². The van der Waals surface area contributed by atoms with E-state index >= 15 is 4.39 Å². The standard InChI is InChI=1S/C35H44FN3O8S/c1-25(2)22-23-38(48(45,46)31-19-17-29(18-20-31)39(43)44)30(24-40)16-14-28(36)15-21-32(41)34(37-35(42)47-3)33(26-10-6-4-7-11-26)27-12-8-5-9-13-27/h4-13,17-20,25,28,30,33-34,40H,14-16,21-24H2,1-3H3,(H,37,42)/t28?,30-,34+/m0/s1. The summed E-state index contributed by atoms with van der Waals surface area (Å²) in [7, 11) is -3.00. The van der Waals surface area contributed by atoms with E-state index in [4.69, 9.17) is 4.74 Å². The molecule has 0 bridgehead atoms. The second-order valence-corrected chi connectivity index (χ2v) is 13.9. The Balaban J connectivity index is 1.76. The van der Waals surface area contributed by atoms with Crippen LogP contribution in [0, 0.1) is 16.0 Å². The molecule has 0 saturated heterocycles. The minimum atomic E-state index is -4.19. The number of alkyl halides is 1. The number of nitrogens with one attached hydrogen (secondary N) is 1. The first-order chi connectivity index (χ1) is 22.9. The van der Waals surface area contributed by atoms with Crippen LogP contribution in [-0.4, -0.2) is 73.1 Å². The normalized spacial score (nSPS) is 13.7. The number of nitro groups is 1. The number of carbonyl (C=O) groups excluding carboxylic acids is 2. The molecular formula is C35H44FN3O8S. The van der Waals surface area contributed by atoms with Gasteiger partial charge in [-0.3, -0.25) is 14.9 Å². The highest BCUT2D eigenvalue weighted by Gasteiger charge is 2.34. The van der Waals surface area contributed by atoms with E-state index in [0.717, 1.165) is 39.7 Å². The molecule has 0 saturated carbocycles. The summed E-state index contributed by atoms with van der Waals surface area (Å²) < 4.78 is 48.6. The van der Waals surface area contributed by atoms with E-state index in [0.29, 0.717) is 6.42 Å². The molecule has 0 aliphatic rings. The van der Waals surface area contributed by atoms with Gasteiger partial charge in [0.25, 0.3) is 5.69 Å². The van der Waals surface area contributed by atoms with Crippen LogP contribution in [0.1, 0.15) is 63.0 Å². The smallest absolute Gasteiger partial charge is 0.407 e. The number of alkyl carbamates (subject to hydrolysis) is 1. The van der Waals surface area contributed by atoms with Crippen LogP contribution in [0.5, 0.6) is 0 Å². The second-order valence-electron chi connectivity index (χ2n) is 12.0. The predicted octanol–water partition coefficient (Wildman–Crippen LogP) is 6.02. The molecule has 3 aromatic rings. The molecule has 0 aliphatic carbocycles. The molecule has 13 heteroatoms. The van der Waals surface area contributed by atoms with Gasteiger partial charge in [0.05, 0.1) is 23.5 Å². The van der Waals surface area contributed by atoms with E-state index < -0.39 is 57.6 Å². The number of nitro benzene ring substituents is 1. The lowest BCUT2D eigenvalue weighted by Gasteiger charge is -2.31. The minimum Gasteiger partial charge on any atom is -0.453 e. The van der Waals surface area contributed by atoms with Gasteiger partial charge in [0.2, 0.25) is 10.0 Å². The maximum atomic E-state index is 15.4. The van der Waals surface area contributed by atoms with Crippen molar-refractivity contribution < 1.29 is 37.2 Å². The summed E-state index contributed by atoms with van der Waals surface area (Å²) in [4.78, 5) is 36.3. The fraction of sp³-hybridized carbons (Fsp3) is 0.429. The van der Waals surface area contributed by atoms with E-state index in [-0.39, 0.29) is 48.7 Å². The topological polar surface area (TPSA) is 156 Å². The van der Waals surface area contributed by atoms with Crippen LogP contribution in [0.15, 0.2) is 89.8 Å². The Morgan fingerprint density at radius 3 is 1.96 bits per heavy atom. The number of carbonyl (C=O) groups is 2. The highest BCUT2D eigenvalue weighted by atomic mass is 32.2. The number of hydrogen-bond donors (Lipinski definition) is 2. The third-order valence-electron chi connectivity index (χ3n) is 8.17. The average molecular weight is 686 g/mol. The van der Waals surface area contributed by atoms with Crippen LogP contribution < -0.4 is 5.32 Å². The molecule has 1 amide bonds. The molecule has 3 rings (SSSR count). The Kier molecular flexibility index (Phi) is 14.6. The highest BCUT2D eigenvalue weighted by Crippen LogP contribution is 2.30. The predicted molar refractivity (Wildman–Crippen MR) is 180 cm³/mol. The number of hydrogen-bond acceptors (Lipinski definition) is 8. The number of halogens is 1. The number of aliphatic hydroxyl groups excluding tert-OH is 1. The number of non-ortho nitro benzene ring substituents is 1. The number of sulfonamides is 1. The average Bonchev–Trinajstić information content (AvgIpc) is 3.08. The van der Waals surface area contributed by atoms with Crippen LogP contribution in [0.3, 0.4) is 0 Å². The summed E-state index contributed by atoms with van der Waals surface area (Å²) in [5.41, 5.74) is 1.28. The Hall–Kier alpha value is -4.20. The molecule has 1 unspecified atom stereocenters. The lowest BCUT2D eigenvalue weighted by atomic mass is 9.82. The summed E-state index contributed by atoms with van der Waals surface area (Å²) >= 11 is 0. The van der Waals surface area contributed by atoms with Crippen molar-refractivity contribution in [1.29, 1.82) is 0 Å². The Morgan fingerprint density at radius 2 is 1.48 bits per heavy atom. The number of aliphatic hydroxyl groups is 1. The maximum absolute atomic E-state index is 15.4. The van der Waals surface area contributed by atoms with Crippen molar-refractivity contribution in [2.24, 2.45) is 5.92 Å². The Bertz CT molecular complexity index is 1530. The molecule has 0 aliphatic heterocycles. The van der Waals surface area contributed by atoms with Crippen molar-refractivity contribution in [2.75, 3.05) is 20.3 Å². The van der Waals surface area contributed by atoms with Crippen LogP contribution >= 0.6 is 0 Å². The molecule has 3 atom stereocenters. The fourth-order valence-corrected chi connectivity index (χ4v) is 7.15. The first-order valence-corrected chi connectivity index (χ1v) is 17.3. The quantitative estimate of drug-likeness (QED) is 0.115. The van der Waals surface area contributed by atoms with Gasteiger partial charge in [-0.2, -0.15) is 4.31 Å². The Morgan fingerprint density at radius 1 is 0.917 bits per heavy atom. The number of benzene rings is 3. The zero-order valence-electron chi connectivity index (χ0n) is 27.4. The van der Waals surface area contributed by atoms with Crippen molar-refractivity contribution in [1.82, 2.24) is 9.62 Å². The summed E-state index contributed by atoms with van der Waals surface area (Å²) in [5, 5.41) is 24.0. The number of ether oxygens (including phenoxy) is 1. The number of nitrogens with zero attached hydrogens (tertiary/aromatic N) is 2. The largest absolute Gasteiger partial charge is 0.453 e. The van der Waals surface area contributed by atoms with Crippen LogP contribution in [0.2, 0.25) is 0 Å². The number of rotatable bonds is 19. The lowest BCUT2D eigenvalue weighted by Crippen LogP contribution is -2.45. The van der Waals surface area contributed by atoms with E-state index in [1.54, 1.807) is 0 Å². The molecule has 0 fully saturated rings. The molecule has 2 N–H and O–H groups in total. The van der Waals surface area contributed by atoms with Crippen molar-refractivity contribution >= 4 is 27.6 Å². The Labute approximate surface area is 281 Å². The highest BCUT2D eigenvalue weighted by molar-refractivity contribution is 7.89. The second kappa shape index (κ2) is 18.4. The van der Waals surface area contributed by atoms with E-state index in [9.17, 15) is 33.2 Å².